The molecule has 200 valence electrons. The molecule has 3 N–H and O–H groups in total. The summed E-state index contributed by atoms with van der Waals surface area (Å²) in [6, 6.07) is 9.83. The number of benzene rings is 2. The Labute approximate surface area is 220 Å². The van der Waals surface area contributed by atoms with Gasteiger partial charge in [-0.3, -0.25) is 4.90 Å². The van der Waals surface area contributed by atoms with E-state index in [1.54, 1.807) is 20.3 Å². The second kappa shape index (κ2) is 10.3. The van der Waals surface area contributed by atoms with E-state index in [1.807, 2.05) is 25.1 Å². The van der Waals surface area contributed by atoms with Crippen molar-refractivity contribution < 1.29 is 27.4 Å². The lowest BCUT2D eigenvalue weighted by Crippen LogP contribution is -2.60. The molecule has 0 aromatic heterocycles. The number of hydrogen-bond acceptors (Lipinski definition) is 5. The summed E-state index contributed by atoms with van der Waals surface area (Å²) in [4.78, 5) is 13.9. The van der Waals surface area contributed by atoms with Gasteiger partial charge in [-0.05, 0) is 75.0 Å². The predicted molar refractivity (Wildman–Crippen MR) is 135 cm³/mol. The number of methoxy groups -OCH3 is 2. The molecule has 0 radical (unpaired) electrons. The molecule has 1 heterocycles. The van der Waals surface area contributed by atoms with Crippen LogP contribution in [0.1, 0.15) is 49.3 Å². The Morgan fingerprint density at radius 2 is 1.84 bits per heavy atom. The number of fused-ring (bicyclic) bond motifs is 1. The van der Waals surface area contributed by atoms with Crippen LogP contribution in [0.2, 0.25) is 0 Å². The van der Waals surface area contributed by atoms with Gasteiger partial charge in [0.15, 0.2) is 11.5 Å². The zero-order chi connectivity index (χ0) is 26.3. The minimum absolute atomic E-state index is 0. The number of primary amides is 1. The second-order valence-corrected chi connectivity index (χ2v) is 9.70. The maximum Gasteiger partial charge on any atom is 0.417 e. The van der Waals surface area contributed by atoms with Gasteiger partial charge in [0.05, 0.1) is 31.4 Å². The normalized spacial score (nSPS) is 24.8. The predicted octanol–water partition coefficient (Wildman–Crippen LogP) is 5.14. The van der Waals surface area contributed by atoms with Crippen molar-refractivity contribution in [3.05, 3.63) is 53.1 Å². The van der Waals surface area contributed by atoms with Gasteiger partial charge in [-0.1, -0.05) is 6.07 Å². The fourth-order valence-corrected chi connectivity index (χ4v) is 5.99. The molecule has 4 rings (SSSR count). The van der Waals surface area contributed by atoms with Crippen LogP contribution in [0.25, 0.3) is 0 Å². The standard InChI is InChI=1S/C26H29F3N4O3.ClH/c1-24(33(23(31)34)18-6-4-16(15-30)19(13-18)26(27,28)29)8-9-25(10-11-32-22(25)14-24)17-5-7-20(35-2)21(12-17)36-3;/h4-7,12-13,22,32H,8-11,14H2,1-3H3,(H2,31,34);1H/t22-,24+,25-;/m0./s1. The van der Waals surface area contributed by atoms with Crippen molar-refractivity contribution in [2.75, 3.05) is 25.7 Å². The Hall–Kier alpha value is -3.16. The summed E-state index contributed by atoms with van der Waals surface area (Å²) in [5.41, 5.74) is 4.19. The van der Waals surface area contributed by atoms with Crippen LogP contribution in [0.3, 0.4) is 0 Å². The van der Waals surface area contributed by atoms with Crippen molar-refractivity contribution in [3.63, 3.8) is 0 Å². The molecule has 1 saturated heterocycles. The maximum atomic E-state index is 13.6. The molecule has 2 aromatic rings. The van der Waals surface area contributed by atoms with Gasteiger partial charge < -0.3 is 20.5 Å². The SMILES string of the molecule is COc1ccc([C@]23CCN[C@H]2C[C@](C)(N(C(N)=O)c2ccc(C#N)c(C(F)(F)F)c2)CC3)cc1OC.Cl. The highest BCUT2D eigenvalue weighted by molar-refractivity contribution is 5.92. The first-order valence-corrected chi connectivity index (χ1v) is 11.7. The zero-order valence-electron chi connectivity index (χ0n) is 20.8. The minimum Gasteiger partial charge on any atom is -0.493 e. The molecule has 1 aliphatic carbocycles. The summed E-state index contributed by atoms with van der Waals surface area (Å²) in [5.74, 6) is 1.25. The summed E-state index contributed by atoms with van der Waals surface area (Å²) in [5, 5.41) is 12.7. The highest BCUT2D eigenvalue weighted by Gasteiger charge is 2.53. The first-order valence-electron chi connectivity index (χ1n) is 11.7. The number of nitrogens with one attached hydrogen (secondary N) is 1. The number of carbonyl (C=O) groups excluding carboxylic acids is 1. The summed E-state index contributed by atoms with van der Waals surface area (Å²) < 4.78 is 51.8. The van der Waals surface area contributed by atoms with Crippen LogP contribution in [0, 0.1) is 11.3 Å². The number of nitrogens with zero attached hydrogens (tertiary/aromatic N) is 2. The molecule has 0 bridgehead atoms. The molecule has 2 amide bonds. The van der Waals surface area contributed by atoms with Crippen molar-refractivity contribution >= 4 is 24.1 Å². The molecule has 3 atom stereocenters. The third-order valence-electron chi connectivity index (χ3n) is 7.79. The van der Waals surface area contributed by atoms with E-state index < -0.39 is 28.9 Å². The van der Waals surface area contributed by atoms with Crippen LogP contribution in [-0.2, 0) is 11.6 Å². The minimum atomic E-state index is -4.74. The Balaban J connectivity index is 0.00000380. The lowest BCUT2D eigenvalue weighted by Gasteiger charge is -2.51. The van der Waals surface area contributed by atoms with Crippen LogP contribution in [0.4, 0.5) is 23.7 Å². The number of nitriles is 1. The fourth-order valence-electron chi connectivity index (χ4n) is 5.99. The Morgan fingerprint density at radius 3 is 2.43 bits per heavy atom. The van der Waals surface area contributed by atoms with E-state index in [9.17, 15) is 18.0 Å². The largest absolute Gasteiger partial charge is 0.493 e. The van der Waals surface area contributed by atoms with Gasteiger partial charge in [-0.2, -0.15) is 18.4 Å². The number of alkyl halides is 3. The smallest absolute Gasteiger partial charge is 0.417 e. The third-order valence-corrected chi connectivity index (χ3v) is 7.79. The Bertz CT molecular complexity index is 1220. The average Bonchev–Trinajstić information content (AvgIpc) is 3.26. The average molecular weight is 539 g/mol. The topological polar surface area (TPSA) is 101 Å². The molecule has 1 aliphatic heterocycles. The van der Waals surface area contributed by atoms with E-state index in [0.717, 1.165) is 30.7 Å². The number of carbonyl (C=O) groups is 1. The lowest BCUT2D eigenvalue weighted by atomic mass is 9.61. The Kier molecular flexibility index (Phi) is 7.91. The summed E-state index contributed by atoms with van der Waals surface area (Å²) >= 11 is 0. The first kappa shape index (κ1) is 28.4. The monoisotopic (exact) mass is 538 g/mol. The van der Waals surface area contributed by atoms with Gasteiger partial charge >= 0.3 is 12.2 Å². The maximum absolute atomic E-state index is 13.6. The third kappa shape index (κ3) is 4.90. The number of halogens is 4. The molecule has 7 nitrogen and oxygen atoms in total. The molecule has 0 spiro atoms. The molecule has 11 heteroatoms. The van der Waals surface area contributed by atoms with E-state index in [1.165, 1.54) is 11.0 Å². The van der Waals surface area contributed by atoms with Gasteiger partial charge in [0.1, 0.15) is 0 Å². The van der Waals surface area contributed by atoms with Crippen LogP contribution in [-0.4, -0.2) is 38.4 Å². The number of urea groups is 1. The quantitative estimate of drug-likeness (QED) is 0.549. The number of amides is 2. The van der Waals surface area contributed by atoms with Crippen LogP contribution < -0.4 is 25.4 Å². The van der Waals surface area contributed by atoms with Crippen LogP contribution in [0.15, 0.2) is 36.4 Å². The molecular weight excluding hydrogens is 509 g/mol. The lowest BCUT2D eigenvalue weighted by molar-refractivity contribution is -0.137. The number of anilines is 1. The van der Waals surface area contributed by atoms with Gasteiger partial charge in [0.2, 0.25) is 0 Å². The van der Waals surface area contributed by atoms with Gasteiger partial charge in [-0.15, -0.1) is 12.4 Å². The first-order chi connectivity index (χ1) is 17.0. The van der Waals surface area contributed by atoms with Crippen LogP contribution >= 0.6 is 12.4 Å². The van der Waals surface area contributed by atoms with E-state index >= 15 is 0 Å². The molecule has 2 fully saturated rings. The van der Waals surface area contributed by atoms with Crippen molar-refractivity contribution in [1.82, 2.24) is 5.32 Å². The number of rotatable bonds is 5. The Morgan fingerprint density at radius 1 is 1.14 bits per heavy atom. The zero-order valence-corrected chi connectivity index (χ0v) is 21.6. The number of hydrogen-bond donors (Lipinski definition) is 2. The van der Waals surface area contributed by atoms with Crippen molar-refractivity contribution in [1.29, 1.82) is 5.26 Å². The van der Waals surface area contributed by atoms with Crippen LogP contribution in [0.5, 0.6) is 11.5 Å². The van der Waals surface area contributed by atoms with Gasteiger partial charge in [-0.25, -0.2) is 4.79 Å². The van der Waals surface area contributed by atoms with Crippen molar-refractivity contribution in [2.24, 2.45) is 5.73 Å². The molecule has 0 unspecified atom stereocenters. The molecule has 37 heavy (non-hydrogen) atoms. The second-order valence-electron chi connectivity index (χ2n) is 9.70. The van der Waals surface area contributed by atoms with E-state index in [2.05, 4.69) is 5.32 Å². The number of ether oxygens (including phenoxy) is 2. The van der Waals surface area contributed by atoms with Gasteiger partial charge in [0, 0.05) is 22.7 Å². The van der Waals surface area contributed by atoms with E-state index in [4.69, 9.17) is 20.5 Å². The summed E-state index contributed by atoms with van der Waals surface area (Å²) in [6.07, 6.45) is -2.19. The van der Waals surface area contributed by atoms with E-state index in [0.29, 0.717) is 30.8 Å². The molecule has 2 aromatic carbocycles. The van der Waals surface area contributed by atoms with Gasteiger partial charge in [0.25, 0.3) is 0 Å². The number of nitrogens with two attached hydrogens (primary N) is 1. The van der Waals surface area contributed by atoms with Crippen molar-refractivity contribution in [2.45, 2.75) is 55.8 Å². The molecule has 2 aliphatic rings. The fraction of sp³-hybridized carbons (Fsp3) is 0.462. The summed E-state index contributed by atoms with van der Waals surface area (Å²) in [7, 11) is 3.16. The molecule has 1 saturated carbocycles. The highest BCUT2D eigenvalue weighted by Crippen LogP contribution is 2.51. The summed E-state index contributed by atoms with van der Waals surface area (Å²) in [6.45, 7) is 2.61. The van der Waals surface area contributed by atoms with E-state index in [-0.39, 0.29) is 29.6 Å². The molecular formula is C26H30ClF3N4O3. The highest BCUT2D eigenvalue weighted by atomic mass is 35.5. The van der Waals surface area contributed by atoms with Crippen molar-refractivity contribution in [3.8, 4) is 17.6 Å².